The molecule has 0 bridgehead atoms. The van der Waals surface area contributed by atoms with Crippen molar-refractivity contribution in [1.29, 1.82) is 0 Å². The fourth-order valence-electron chi connectivity index (χ4n) is 2.99. The van der Waals surface area contributed by atoms with Crippen molar-refractivity contribution < 1.29 is 0 Å². The predicted octanol–water partition coefficient (Wildman–Crippen LogP) is 4.31. The van der Waals surface area contributed by atoms with Crippen molar-refractivity contribution in [2.24, 2.45) is 0 Å². The lowest BCUT2D eigenvalue weighted by atomic mass is 9.90. The number of halogens is 1. The van der Waals surface area contributed by atoms with E-state index in [4.69, 9.17) is 0 Å². The number of rotatable bonds is 3. The van der Waals surface area contributed by atoms with Crippen molar-refractivity contribution in [3.8, 4) is 0 Å². The van der Waals surface area contributed by atoms with E-state index in [-0.39, 0.29) is 0 Å². The van der Waals surface area contributed by atoms with Gasteiger partial charge in [-0.15, -0.1) is 0 Å². The second-order valence-electron chi connectivity index (χ2n) is 5.11. The van der Waals surface area contributed by atoms with Crippen LogP contribution in [-0.2, 0) is 6.42 Å². The summed E-state index contributed by atoms with van der Waals surface area (Å²) in [6.07, 6.45) is 4.92. The molecule has 2 aromatic rings. The molecule has 0 fully saturated rings. The number of H-pyrrole nitrogens is 1. The Hall–Kier alpha value is -0.800. The molecule has 0 saturated heterocycles. The van der Waals surface area contributed by atoms with E-state index < -0.39 is 0 Å². The first-order chi connectivity index (χ1) is 8.79. The summed E-state index contributed by atoms with van der Waals surface area (Å²) in [5.41, 5.74) is 4.21. The average molecular weight is 307 g/mol. The molecule has 3 rings (SSSR count). The van der Waals surface area contributed by atoms with E-state index in [0.717, 1.165) is 11.0 Å². The first-order valence-electron chi connectivity index (χ1n) is 6.83. The minimum atomic E-state index is 0.525. The third-order valence-corrected chi connectivity index (χ3v) is 4.28. The van der Waals surface area contributed by atoms with Crippen molar-refractivity contribution in [2.45, 2.75) is 38.6 Å². The Labute approximate surface area is 116 Å². The van der Waals surface area contributed by atoms with Crippen LogP contribution in [0.15, 0.2) is 22.7 Å². The van der Waals surface area contributed by atoms with Crippen LogP contribution in [0.1, 0.15) is 43.5 Å². The molecule has 1 aliphatic carbocycles. The first-order valence-corrected chi connectivity index (χ1v) is 7.62. The highest BCUT2D eigenvalue weighted by Gasteiger charge is 2.23. The van der Waals surface area contributed by atoms with Crippen molar-refractivity contribution >= 4 is 26.8 Å². The number of benzene rings is 1. The van der Waals surface area contributed by atoms with Gasteiger partial charge in [-0.25, -0.2) is 0 Å². The van der Waals surface area contributed by atoms with E-state index in [2.05, 4.69) is 51.4 Å². The van der Waals surface area contributed by atoms with Gasteiger partial charge in [-0.2, -0.15) is 0 Å². The van der Waals surface area contributed by atoms with E-state index in [9.17, 15) is 0 Å². The zero-order chi connectivity index (χ0) is 12.5. The topological polar surface area (TPSA) is 27.8 Å². The first kappa shape index (κ1) is 12.2. The Morgan fingerprint density at radius 2 is 2.33 bits per heavy atom. The second kappa shape index (κ2) is 5.06. The van der Waals surface area contributed by atoms with Gasteiger partial charge in [-0.1, -0.05) is 22.9 Å². The molecular weight excluding hydrogens is 288 g/mol. The Kier molecular flexibility index (Phi) is 3.44. The quantitative estimate of drug-likeness (QED) is 0.869. The summed E-state index contributed by atoms with van der Waals surface area (Å²) in [6, 6.07) is 7.06. The van der Waals surface area contributed by atoms with Gasteiger partial charge in [0.05, 0.1) is 0 Å². The van der Waals surface area contributed by atoms with E-state index in [1.165, 1.54) is 47.8 Å². The molecule has 0 aliphatic heterocycles. The van der Waals surface area contributed by atoms with Crippen LogP contribution < -0.4 is 5.32 Å². The van der Waals surface area contributed by atoms with Gasteiger partial charge in [-0.05, 0) is 56.0 Å². The van der Waals surface area contributed by atoms with Crippen LogP contribution in [0.3, 0.4) is 0 Å². The Bertz CT molecular complexity index is 559. The minimum Gasteiger partial charge on any atom is -0.358 e. The van der Waals surface area contributed by atoms with Gasteiger partial charge >= 0.3 is 0 Å². The van der Waals surface area contributed by atoms with Crippen LogP contribution >= 0.6 is 15.9 Å². The van der Waals surface area contributed by atoms with Crippen LogP contribution in [0.25, 0.3) is 10.9 Å². The highest BCUT2D eigenvalue weighted by Crippen LogP contribution is 2.36. The van der Waals surface area contributed by atoms with Gasteiger partial charge in [0.25, 0.3) is 0 Å². The van der Waals surface area contributed by atoms with E-state index in [1.54, 1.807) is 0 Å². The molecule has 1 atom stereocenters. The standard InChI is InChI=1S/C15H19BrN2/c1-2-8-17-13-4-3-5-14-15(13)11-9-10(16)6-7-12(11)18-14/h6-7,9,13,17-18H,2-5,8H2,1H3. The van der Waals surface area contributed by atoms with E-state index >= 15 is 0 Å². The monoisotopic (exact) mass is 306 g/mol. The smallest absolute Gasteiger partial charge is 0.0460 e. The fourth-order valence-corrected chi connectivity index (χ4v) is 3.35. The maximum atomic E-state index is 3.69. The molecule has 0 saturated carbocycles. The van der Waals surface area contributed by atoms with Crippen molar-refractivity contribution in [1.82, 2.24) is 10.3 Å². The van der Waals surface area contributed by atoms with Gasteiger partial charge in [0.1, 0.15) is 0 Å². The van der Waals surface area contributed by atoms with Crippen LogP contribution in [0.5, 0.6) is 0 Å². The fraction of sp³-hybridized carbons (Fsp3) is 0.467. The van der Waals surface area contributed by atoms with Crippen molar-refractivity contribution in [3.05, 3.63) is 33.9 Å². The molecule has 2 N–H and O–H groups in total. The van der Waals surface area contributed by atoms with Crippen LogP contribution in [0.2, 0.25) is 0 Å². The van der Waals surface area contributed by atoms with Gasteiger partial charge < -0.3 is 10.3 Å². The zero-order valence-corrected chi connectivity index (χ0v) is 12.3. The normalized spacial score (nSPS) is 19.1. The lowest BCUT2D eigenvalue weighted by molar-refractivity contribution is 0.461. The number of aromatic nitrogens is 1. The summed E-state index contributed by atoms with van der Waals surface area (Å²) < 4.78 is 1.16. The Balaban J connectivity index is 2.07. The Morgan fingerprint density at radius 1 is 1.44 bits per heavy atom. The second-order valence-corrected chi connectivity index (χ2v) is 6.02. The van der Waals surface area contributed by atoms with Gasteiger partial charge in [0, 0.05) is 27.1 Å². The molecule has 0 spiro atoms. The molecule has 1 aromatic carbocycles. The number of aromatic amines is 1. The largest absolute Gasteiger partial charge is 0.358 e. The SMILES string of the molecule is CCCNC1CCCc2[nH]c3ccc(Br)cc3c21. The molecule has 1 heterocycles. The molecule has 18 heavy (non-hydrogen) atoms. The summed E-state index contributed by atoms with van der Waals surface area (Å²) in [5, 5.41) is 5.07. The summed E-state index contributed by atoms with van der Waals surface area (Å²) in [4.78, 5) is 3.59. The number of aryl methyl sites for hydroxylation is 1. The van der Waals surface area contributed by atoms with Gasteiger partial charge in [0.2, 0.25) is 0 Å². The summed E-state index contributed by atoms with van der Waals surface area (Å²) in [7, 11) is 0. The number of nitrogens with one attached hydrogen (secondary N) is 2. The maximum absolute atomic E-state index is 3.69. The third-order valence-electron chi connectivity index (χ3n) is 3.79. The summed E-state index contributed by atoms with van der Waals surface area (Å²) >= 11 is 3.58. The highest BCUT2D eigenvalue weighted by atomic mass is 79.9. The van der Waals surface area contributed by atoms with Crippen molar-refractivity contribution in [3.63, 3.8) is 0 Å². The molecule has 1 aromatic heterocycles. The van der Waals surface area contributed by atoms with Gasteiger partial charge in [0.15, 0.2) is 0 Å². The molecular formula is C15H19BrN2. The number of fused-ring (bicyclic) bond motifs is 3. The highest BCUT2D eigenvalue weighted by molar-refractivity contribution is 9.10. The van der Waals surface area contributed by atoms with Crippen LogP contribution in [-0.4, -0.2) is 11.5 Å². The average Bonchev–Trinajstić information content (AvgIpc) is 2.74. The molecule has 96 valence electrons. The molecule has 2 nitrogen and oxygen atoms in total. The lowest BCUT2D eigenvalue weighted by Gasteiger charge is -2.24. The van der Waals surface area contributed by atoms with Crippen LogP contribution in [0, 0.1) is 0 Å². The molecule has 0 radical (unpaired) electrons. The van der Waals surface area contributed by atoms with E-state index in [0.29, 0.717) is 6.04 Å². The van der Waals surface area contributed by atoms with Crippen molar-refractivity contribution in [2.75, 3.05) is 6.54 Å². The molecule has 3 heteroatoms. The summed E-state index contributed by atoms with van der Waals surface area (Å²) in [6.45, 7) is 3.33. The lowest BCUT2D eigenvalue weighted by Crippen LogP contribution is -2.25. The summed E-state index contributed by atoms with van der Waals surface area (Å²) in [5.74, 6) is 0. The Morgan fingerprint density at radius 3 is 3.17 bits per heavy atom. The zero-order valence-electron chi connectivity index (χ0n) is 10.7. The molecule has 1 unspecified atom stereocenters. The third kappa shape index (κ3) is 2.10. The number of hydrogen-bond acceptors (Lipinski definition) is 1. The van der Waals surface area contributed by atoms with Crippen LogP contribution in [0.4, 0.5) is 0 Å². The molecule has 0 amide bonds. The molecule has 1 aliphatic rings. The van der Waals surface area contributed by atoms with E-state index in [1.807, 2.05) is 0 Å². The predicted molar refractivity (Wildman–Crippen MR) is 80.0 cm³/mol. The maximum Gasteiger partial charge on any atom is 0.0460 e. The number of hydrogen-bond donors (Lipinski definition) is 2. The minimum absolute atomic E-state index is 0.525. The van der Waals surface area contributed by atoms with Gasteiger partial charge in [-0.3, -0.25) is 0 Å².